The van der Waals surface area contributed by atoms with Crippen LogP contribution in [-0.2, 0) is 0 Å². The first kappa shape index (κ1) is 18.5. The highest BCUT2D eigenvalue weighted by atomic mass is 16.3. The first-order valence-electron chi connectivity index (χ1n) is 10.5. The van der Waals surface area contributed by atoms with Gasteiger partial charge >= 0.3 is 0 Å². The van der Waals surface area contributed by atoms with Crippen LogP contribution in [0.1, 0.15) is 5.82 Å². The lowest BCUT2D eigenvalue weighted by molar-refractivity contribution is 0.669. The summed E-state index contributed by atoms with van der Waals surface area (Å²) in [5.41, 5.74) is 7.79. The van der Waals surface area contributed by atoms with Crippen LogP contribution in [-0.4, -0.2) is 15.0 Å². The topological polar surface area (TPSA) is 51.8 Å². The van der Waals surface area contributed by atoms with E-state index in [0.717, 1.165) is 61.4 Å². The van der Waals surface area contributed by atoms with Gasteiger partial charge in [-0.05, 0) is 42.8 Å². The molecule has 6 rings (SSSR count). The van der Waals surface area contributed by atoms with E-state index in [2.05, 4.69) is 53.5 Å². The Morgan fingerprint density at radius 2 is 1.44 bits per heavy atom. The Morgan fingerprint density at radius 1 is 0.656 bits per heavy atom. The SMILES string of the molecule is Cc1nc(-c2cccc(-c3cccnc3)c2)cc(-c2cccc3oc4ccccc4c23)n1. The molecule has 0 bridgehead atoms. The lowest BCUT2D eigenvalue weighted by Gasteiger charge is -2.09. The summed E-state index contributed by atoms with van der Waals surface area (Å²) in [6.07, 6.45) is 3.66. The van der Waals surface area contributed by atoms with Gasteiger partial charge in [0.1, 0.15) is 17.0 Å². The van der Waals surface area contributed by atoms with Gasteiger partial charge in [0.05, 0.1) is 11.4 Å². The first-order chi connectivity index (χ1) is 15.8. The van der Waals surface area contributed by atoms with Crippen LogP contribution in [0.2, 0.25) is 0 Å². The Labute approximate surface area is 185 Å². The number of para-hydroxylation sites is 1. The number of rotatable bonds is 3. The van der Waals surface area contributed by atoms with E-state index in [1.807, 2.05) is 49.5 Å². The van der Waals surface area contributed by atoms with Gasteiger partial charge < -0.3 is 4.42 Å². The van der Waals surface area contributed by atoms with Crippen LogP contribution in [0.3, 0.4) is 0 Å². The molecule has 0 fully saturated rings. The van der Waals surface area contributed by atoms with E-state index in [9.17, 15) is 0 Å². The summed E-state index contributed by atoms with van der Waals surface area (Å²) in [6.45, 7) is 1.94. The quantitative estimate of drug-likeness (QED) is 0.311. The van der Waals surface area contributed by atoms with E-state index >= 15 is 0 Å². The van der Waals surface area contributed by atoms with E-state index in [1.165, 1.54) is 0 Å². The van der Waals surface area contributed by atoms with Crippen molar-refractivity contribution >= 4 is 21.9 Å². The zero-order valence-corrected chi connectivity index (χ0v) is 17.5. The van der Waals surface area contributed by atoms with Crippen LogP contribution in [0.25, 0.3) is 55.6 Å². The zero-order valence-electron chi connectivity index (χ0n) is 17.5. The highest BCUT2D eigenvalue weighted by molar-refractivity contribution is 6.12. The molecule has 3 aromatic heterocycles. The van der Waals surface area contributed by atoms with Crippen LogP contribution in [0, 0.1) is 6.92 Å². The molecule has 0 saturated carbocycles. The molecule has 0 unspecified atom stereocenters. The van der Waals surface area contributed by atoms with Crippen LogP contribution >= 0.6 is 0 Å². The molecule has 0 atom stereocenters. The predicted molar refractivity (Wildman–Crippen MR) is 128 cm³/mol. The summed E-state index contributed by atoms with van der Waals surface area (Å²) in [6, 6.07) is 28.7. The third-order valence-corrected chi connectivity index (χ3v) is 5.67. The fourth-order valence-electron chi connectivity index (χ4n) is 4.23. The molecular weight excluding hydrogens is 394 g/mol. The molecule has 4 heteroatoms. The number of nitrogens with zero attached hydrogens (tertiary/aromatic N) is 3. The van der Waals surface area contributed by atoms with Crippen molar-refractivity contribution in [3.63, 3.8) is 0 Å². The number of aryl methyl sites for hydroxylation is 1. The van der Waals surface area contributed by atoms with Crippen molar-refractivity contribution in [3.05, 3.63) is 103 Å². The van der Waals surface area contributed by atoms with E-state index in [1.54, 1.807) is 6.20 Å². The number of aromatic nitrogens is 3. The van der Waals surface area contributed by atoms with Gasteiger partial charge in [-0.15, -0.1) is 0 Å². The van der Waals surface area contributed by atoms with Crippen LogP contribution in [0.15, 0.2) is 102 Å². The molecule has 0 saturated heterocycles. The van der Waals surface area contributed by atoms with Crippen molar-refractivity contribution in [3.8, 4) is 33.6 Å². The zero-order chi connectivity index (χ0) is 21.5. The number of fused-ring (bicyclic) bond motifs is 3. The Hall–Kier alpha value is -4.31. The molecular formula is C28H19N3O. The predicted octanol–water partition coefficient (Wildman–Crippen LogP) is 7.08. The largest absolute Gasteiger partial charge is 0.456 e. The standard InChI is InChI=1S/C28H19N3O/c1-18-30-24(20-8-4-7-19(15-20)21-9-6-14-29-17-21)16-25(31-18)22-11-5-13-27-28(22)23-10-2-3-12-26(23)32-27/h2-17H,1H3. The minimum atomic E-state index is 0.731. The summed E-state index contributed by atoms with van der Waals surface area (Å²) in [7, 11) is 0. The van der Waals surface area contributed by atoms with Crippen LogP contribution in [0.4, 0.5) is 0 Å². The molecule has 0 amide bonds. The summed E-state index contributed by atoms with van der Waals surface area (Å²) in [5, 5.41) is 2.17. The lowest BCUT2D eigenvalue weighted by atomic mass is 10.00. The maximum Gasteiger partial charge on any atom is 0.136 e. The number of hydrogen-bond donors (Lipinski definition) is 0. The summed E-state index contributed by atoms with van der Waals surface area (Å²) in [4.78, 5) is 13.8. The summed E-state index contributed by atoms with van der Waals surface area (Å²) in [5.74, 6) is 0.731. The van der Waals surface area contributed by atoms with Gasteiger partial charge in [-0.1, -0.05) is 54.6 Å². The molecule has 0 radical (unpaired) electrons. The van der Waals surface area contributed by atoms with Gasteiger partial charge in [-0.3, -0.25) is 4.98 Å². The minimum Gasteiger partial charge on any atom is -0.456 e. The molecule has 152 valence electrons. The minimum absolute atomic E-state index is 0.731. The highest BCUT2D eigenvalue weighted by Gasteiger charge is 2.15. The number of pyridine rings is 1. The van der Waals surface area contributed by atoms with Gasteiger partial charge in [0.15, 0.2) is 0 Å². The maximum absolute atomic E-state index is 6.08. The van der Waals surface area contributed by atoms with E-state index in [0.29, 0.717) is 0 Å². The molecule has 0 aliphatic carbocycles. The second-order valence-electron chi connectivity index (χ2n) is 7.79. The van der Waals surface area contributed by atoms with Crippen molar-refractivity contribution in [1.82, 2.24) is 15.0 Å². The number of benzene rings is 3. The normalized spacial score (nSPS) is 11.3. The molecule has 3 heterocycles. The van der Waals surface area contributed by atoms with Gasteiger partial charge in [0.2, 0.25) is 0 Å². The first-order valence-corrected chi connectivity index (χ1v) is 10.5. The average molecular weight is 413 g/mol. The summed E-state index contributed by atoms with van der Waals surface area (Å²) >= 11 is 0. The van der Waals surface area contributed by atoms with Crippen molar-refractivity contribution in [2.45, 2.75) is 6.92 Å². The Balaban J connectivity index is 1.53. The lowest BCUT2D eigenvalue weighted by Crippen LogP contribution is -1.95. The van der Waals surface area contributed by atoms with Gasteiger partial charge in [-0.2, -0.15) is 0 Å². The van der Waals surface area contributed by atoms with Crippen molar-refractivity contribution < 1.29 is 4.42 Å². The highest BCUT2D eigenvalue weighted by Crippen LogP contribution is 2.37. The Kier molecular flexibility index (Phi) is 4.29. The molecule has 0 spiro atoms. The van der Waals surface area contributed by atoms with Gasteiger partial charge in [0, 0.05) is 39.9 Å². The van der Waals surface area contributed by atoms with E-state index in [4.69, 9.17) is 14.4 Å². The fraction of sp³-hybridized carbons (Fsp3) is 0.0357. The molecule has 3 aromatic carbocycles. The second-order valence-corrected chi connectivity index (χ2v) is 7.79. The molecule has 32 heavy (non-hydrogen) atoms. The van der Waals surface area contributed by atoms with Crippen molar-refractivity contribution in [2.75, 3.05) is 0 Å². The number of furan rings is 1. The Morgan fingerprint density at radius 3 is 2.34 bits per heavy atom. The van der Waals surface area contributed by atoms with Crippen molar-refractivity contribution in [1.29, 1.82) is 0 Å². The van der Waals surface area contributed by atoms with Crippen LogP contribution < -0.4 is 0 Å². The molecule has 6 aromatic rings. The van der Waals surface area contributed by atoms with Gasteiger partial charge in [0.25, 0.3) is 0 Å². The van der Waals surface area contributed by atoms with Crippen molar-refractivity contribution in [2.24, 2.45) is 0 Å². The molecule has 0 N–H and O–H groups in total. The summed E-state index contributed by atoms with van der Waals surface area (Å²) < 4.78 is 6.08. The smallest absolute Gasteiger partial charge is 0.136 e. The van der Waals surface area contributed by atoms with E-state index in [-0.39, 0.29) is 0 Å². The monoisotopic (exact) mass is 413 g/mol. The molecule has 0 aliphatic rings. The van der Waals surface area contributed by atoms with E-state index < -0.39 is 0 Å². The fourth-order valence-corrected chi connectivity index (χ4v) is 4.23. The second kappa shape index (κ2) is 7.43. The van der Waals surface area contributed by atoms with Gasteiger partial charge in [-0.25, -0.2) is 9.97 Å². The van der Waals surface area contributed by atoms with Crippen LogP contribution in [0.5, 0.6) is 0 Å². The third kappa shape index (κ3) is 3.13. The maximum atomic E-state index is 6.08. The Bertz CT molecular complexity index is 1590. The molecule has 0 aliphatic heterocycles. The third-order valence-electron chi connectivity index (χ3n) is 5.67. The average Bonchev–Trinajstić information content (AvgIpc) is 3.23. The molecule has 4 nitrogen and oxygen atoms in total. The number of hydrogen-bond acceptors (Lipinski definition) is 4.